The summed E-state index contributed by atoms with van der Waals surface area (Å²) in [5, 5.41) is 7.06. The lowest BCUT2D eigenvalue weighted by atomic mass is 10.4. The molecule has 6 heteroatoms. The molecule has 0 fully saturated rings. The molecule has 3 nitrogen and oxygen atoms in total. The Kier molecular flexibility index (Phi) is 2.35. The molecular weight excluding hydrogens is 171 g/mol. The van der Waals surface area contributed by atoms with Crippen LogP contribution in [0, 0.1) is 0 Å². The zero-order valence-corrected chi connectivity index (χ0v) is 6.47. The number of halogens is 3. The van der Waals surface area contributed by atoms with Crippen LogP contribution in [0.15, 0.2) is 6.20 Å². The maximum Gasteiger partial charge on any atom is 0.409 e. The molecule has 1 heterocycles. The van der Waals surface area contributed by atoms with E-state index in [4.69, 9.17) is 0 Å². The number of hydrogen-bond acceptors (Lipinski definition) is 2. The molecule has 0 aliphatic rings. The summed E-state index contributed by atoms with van der Waals surface area (Å²) in [5.74, 6) is 0. The van der Waals surface area contributed by atoms with Gasteiger partial charge in [0.05, 0.1) is 11.9 Å². The number of alkyl halides is 3. The fourth-order valence-electron chi connectivity index (χ4n) is 0.732. The van der Waals surface area contributed by atoms with Crippen molar-refractivity contribution in [1.82, 2.24) is 15.0 Å². The van der Waals surface area contributed by atoms with Gasteiger partial charge in [0.15, 0.2) is 6.54 Å². The smallest absolute Gasteiger partial charge is 0.175 e. The van der Waals surface area contributed by atoms with Gasteiger partial charge in [0, 0.05) is 0 Å². The summed E-state index contributed by atoms with van der Waals surface area (Å²) >= 11 is 0. The van der Waals surface area contributed by atoms with Crippen LogP contribution in [0.3, 0.4) is 0 Å². The van der Waals surface area contributed by atoms with Gasteiger partial charge in [-0.2, -0.15) is 28.2 Å². The van der Waals surface area contributed by atoms with E-state index >= 15 is 0 Å². The Morgan fingerprint density at radius 2 is 2.17 bits per heavy atom. The maximum atomic E-state index is 11.8. The lowest BCUT2D eigenvalue weighted by molar-refractivity contribution is -0.144. The lowest BCUT2D eigenvalue weighted by Gasteiger charge is -2.03. The van der Waals surface area contributed by atoms with Crippen molar-refractivity contribution >= 4 is 0 Å². The Bertz CT molecular complexity index is 253. The van der Waals surface area contributed by atoms with E-state index in [1.807, 2.05) is 6.92 Å². The van der Waals surface area contributed by atoms with Crippen molar-refractivity contribution in [3.8, 4) is 0 Å². The zero-order valence-electron chi connectivity index (χ0n) is 6.47. The predicted octanol–water partition coefficient (Wildman–Crippen LogP) is 1.40. The van der Waals surface area contributed by atoms with Gasteiger partial charge in [0.2, 0.25) is 0 Å². The summed E-state index contributed by atoms with van der Waals surface area (Å²) in [5.41, 5.74) is 0.569. The van der Waals surface area contributed by atoms with E-state index in [2.05, 4.69) is 10.2 Å². The number of rotatable bonds is 2. The molecule has 1 aromatic rings. The Morgan fingerprint density at radius 1 is 1.50 bits per heavy atom. The van der Waals surface area contributed by atoms with Gasteiger partial charge in [-0.15, -0.1) is 0 Å². The minimum atomic E-state index is -4.25. The fourth-order valence-corrected chi connectivity index (χ4v) is 0.732. The molecular formula is C6H8F3N3. The molecule has 0 unspecified atom stereocenters. The highest BCUT2D eigenvalue weighted by atomic mass is 19.4. The molecule has 1 rings (SSSR count). The van der Waals surface area contributed by atoms with Gasteiger partial charge in [-0.3, -0.25) is 0 Å². The van der Waals surface area contributed by atoms with Gasteiger partial charge >= 0.3 is 6.18 Å². The predicted molar refractivity (Wildman–Crippen MR) is 35.5 cm³/mol. The number of aryl methyl sites for hydroxylation is 1. The topological polar surface area (TPSA) is 30.7 Å². The third-order valence-electron chi connectivity index (χ3n) is 1.27. The van der Waals surface area contributed by atoms with E-state index in [0.29, 0.717) is 16.9 Å². The molecule has 0 aliphatic carbocycles. The summed E-state index contributed by atoms with van der Waals surface area (Å²) in [6, 6.07) is 0. The Labute approximate surface area is 67.2 Å². The second-order valence-electron chi connectivity index (χ2n) is 2.34. The summed E-state index contributed by atoms with van der Waals surface area (Å²) in [7, 11) is 0. The minimum Gasteiger partial charge on any atom is -0.175 e. The van der Waals surface area contributed by atoms with E-state index in [1.165, 1.54) is 6.20 Å². The van der Waals surface area contributed by atoms with Gasteiger partial charge < -0.3 is 0 Å². The van der Waals surface area contributed by atoms with E-state index in [1.54, 1.807) is 0 Å². The van der Waals surface area contributed by atoms with Gasteiger partial charge in [-0.1, -0.05) is 6.92 Å². The Balaban J connectivity index is 2.64. The van der Waals surface area contributed by atoms with E-state index < -0.39 is 12.7 Å². The van der Waals surface area contributed by atoms with Crippen molar-refractivity contribution in [3.63, 3.8) is 0 Å². The first kappa shape index (κ1) is 9.02. The van der Waals surface area contributed by atoms with Crippen LogP contribution in [-0.2, 0) is 13.0 Å². The van der Waals surface area contributed by atoms with Crippen molar-refractivity contribution in [3.05, 3.63) is 11.9 Å². The SMILES string of the molecule is CCc1cnn(CC(F)(F)F)n1. The highest BCUT2D eigenvalue weighted by molar-refractivity contribution is 4.89. The van der Waals surface area contributed by atoms with Gasteiger partial charge in [0.25, 0.3) is 0 Å². The quantitative estimate of drug-likeness (QED) is 0.687. The van der Waals surface area contributed by atoms with E-state index in [9.17, 15) is 13.2 Å². The summed E-state index contributed by atoms with van der Waals surface area (Å²) in [6.07, 6.45) is -2.31. The van der Waals surface area contributed by atoms with Crippen molar-refractivity contribution in [2.75, 3.05) is 0 Å². The second kappa shape index (κ2) is 3.12. The van der Waals surface area contributed by atoms with Crippen LogP contribution in [-0.4, -0.2) is 21.2 Å². The normalized spacial score (nSPS) is 12.0. The zero-order chi connectivity index (χ0) is 9.19. The Hall–Kier alpha value is -1.07. The standard InChI is InChI=1S/C6H8F3N3/c1-2-5-3-10-12(11-5)4-6(7,8)9/h3H,2,4H2,1H3. The highest BCUT2D eigenvalue weighted by Crippen LogP contribution is 2.16. The van der Waals surface area contributed by atoms with E-state index in [-0.39, 0.29) is 0 Å². The molecule has 0 aliphatic heterocycles. The first-order valence-electron chi connectivity index (χ1n) is 3.47. The first-order chi connectivity index (χ1) is 5.51. The summed E-state index contributed by atoms with van der Waals surface area (Å²) in [4.78, 5) is 0.652. The third-order valence-corrected chi connectivity index (χ3v) is 1.27. The molecule has 0 atom stereocenters. The molecule has 68 valence electrons. The molecule has 1 aromatic heterocycles. The molecule has 0 spiro atoms. The fraction of sp³-hybridized carbons (Fsp3) is 0.667. The highest BCUT2D eigenvalue weighted by Gasteiger charge is 2.29. The number of aromatic nitrogens is 3. The van der Waals surface area contributed by atoms with Gasteiger partial charge in [-0.05, 0) is 6.42 Å². The molecule has 0 saturated carbocycles. The monoisotopic (exact) mass is 179 g/mol. The average Bonchev–Trinajstić information content (AvgIpc) is 2.32. The van der Waals surface area contributed by atoms with Crippen molar-refractivity contribution < 1.29 is 13.2 Å². The van der Waals surface area contributed by atoms with Crippen LogP contribution < -0.4 is 0 Å². The van der Waals surface area contributed by atoms with Crippen molar-refractivity contribution in [1.29, 1.82) is 0 Å². The third kappa shape index (κ3) is 2.52. The van der Waals surface area contributed by atoms with Crippen LogP contribution in [0.4, 0.5) is 13.2 Å². The minimum absolute atomic E-state index is 0.569. The lowest BCUT2D eigenvalue weighted by Crippen LogP contribution is -2.19. The Morgan fingerprint density at radius 3 is 2.58 bits per heavy atom. The molecule has 0 amide bonds. The van der Waals surface area contributed by atoms with Crippen LogP contribution in [0.5, 0.6) is 0 Å². The number of nitrogens with zero attached hydrogens (tertiary/aromatic N) is 3. The first-order valence-corrected chi connectivity index (χ1v) is 3.47. The van der Waals surface area contributed by atoms with Crippen LogP contribution in [0.1, 0.15) is 12.6 Å². The van der Waals surface area contributed by atoms with Gasteiger partial charge in [-0.25, -0.2) is 0 Å². The van der Waals surface area contributed by atoms with Crippen LogP contribution in [0.2, 0.25) is 0 Å². The van der Waals surface area contributed by atoms with Crippen molar-refractivity contribution in [2.24, 2.45) is 0 Å². The van der Waals surface area contributed by atoms with Crippen molar-refractivity contribution in [2.45, 2.75) is 26.1 Å². The largest absolute Gasteiger partial charge is 0.409 e. The average molecular weight is 179 g/mol. The maximum absolute atomic E-state index is 11.8. The molecule has 0 N–H and O–H groups in total. The molecule has 0 bridgehead atoms. The molecule has 0 radical (unpaired) electrons. The molecule has 0 saturated heterocycles. The molecule has 0 aromatic carbocycles. The molecule has 12 heavy (non-hydrogen) atoms. The summed E-state index contributed by atoms with van der Waals surface area (Å²) < 4.78 is 35.3. The van der Waals surface area contributed by atoms with E-state index in [0.717, 1.165) is 0 Å². The summed E-state index contributed by atoms with van der Waals surface area (Å²) in [6.45, 7) is 0.689. The second-order valence-corrected chi connectivity index (χ2v) is 2.34. The van der Waals surface area contributed by atoms with Gasteiger partial charge in [0.1, 0.15) is 0 Å². The van der Waals surface area contributed by atoms with Crippen LogP contribution in [0.25, 0.3) is 0 Å². The van der Waals surface area contributed by atoms with Crippen LogP contribution >= 0.6 is 0 Å². The number of hydrogen-bond donors (Lipinski definition) is 0.